The first-order valence-electron chi connectivity index (χ1n) is 6.39. The van der Waals surface area contributed by atoms with Gasteiger partial charge in [-0.05, 0) is 18.1 Å². The van der Waals surface area contributed by atoms with Gasteiger partial charge in [-0.25, -0.2) is 4.98 Å². The first-order chi connectivity index (χ1) is 8.69. The van der Waals surface area contributed by atoms with E-state index in [0.29, 0.717) is 18.9 Å². The third kappa shape index (κ3) is 3.09. The molecule has 1 unspecified atom stereocenters. The summed E-state index contributed by atoms with van der Waals surface area (Å²) in [4.78, 5) is 19.3. The number of amides is 1. The van der Waals surface area contributed by atoms with Crippen molar-refractivity contribution in [2.24, 2.45) is 5.92 Å². The molecule has 4 nitrogen and oxygen atoms in total. The lowest BCUT2D eigenvalue weighted by Crippen LogP contribution is -2.24. The van der Waals surface area contributed by atoms with Crippen LogP contribution in [0.5, 0.6) is 0 Å². The molecule has 0 bridgehead atoms. The van der Waals surface area contributed by atoms with Crippen molar-refractivity contribution in [2.45, 2.75) is 33.2 Å². The van der Waals surface area contributed by atoms with Crippen molar-refractivity contribution in [2.75, 3.05) is 0 Å². The van der Waals surface area contributed by atoms with Crippen molar-refractivity contribution in [3.05, 3.63) is 30.1 Å². The number of para-hydroxylation sites is 2. The summed E-state index contributed by atoms with van der Waals surface area (Å²) >= 11 is 0. The number of aromatic amines is 1. The number of carbonyl (C=O) groups excluding carboxylic acids is 1. The first kappa shape index (κ1) is 12.6. The van der Waals surface area contributed by atoms with E-state index in [-0.39, 0.29) is 5.91 Å². The summed E-state index contributed by atoms with van der Waals surface area (Å²) in [6.45, 7) is 4.64. The zero-order chi connectivity index (χ0) is 13.0. The maximum atomic E-state index is 11.6. The number of benzene rings is 1. The molecule has 2 N–H and O–H groups in total. The fourth-order valence-corrected chi connectivity index (χ4v) is 1.80. The van der Waals surface area contributed by atoms with E-state index in [2.05, 4.69) is 29.1 Å². The van der Waals surface area contributed by atoms with Crippen LogP contribution in [0.25, 0.3) is 11.0 Å². The molecule has 2 aromatic rings. The van der Waals surface area contributed by atoms with Gasteiger partial charge in [0.1, 0.15) is 5.82 Å². The zero-order valence-corrected chi connectivity index (χ0v) is 10.9. The number of nitrogens with one attached hydrogen (secondary N) is 2. The minimum absolute atomic E-state index is 0.0878. The van der Waals surface area contributed by atoms with E-state index in [9.17, 15) is 4.79 Å². The molecule has 0 saturated carbocycles. The number of rotatable bonds is 5. The van der Waals surface area contributed by atoms with E-state index in [1.807, 2.05) is 24.3 Å². The summed E-state index contributed by atoms with van der Waals surface area (Å²) in [6, 6.07) is 7.85. The summed E-state index contributed by atoms with van der Waals surface area (Å²) in [6.07, 6.45) is 1.61. The van der Waals surface area contributed by atoms with E-state index in [1.165, 1.54) is 0 Å². The number of hydrogen-bond acceptors (Lipinski definition) is 2. The molecule has 1 heterocycles. The molecule has 0 radical (unpaired) electrons. The standard InChI is InChI=1S/C14H19N3O/c1-3-10(2)8-14(18)15-9-13-16-11-6-4-5-7-12(11)17-13/h4-7,10H,3,8-9H2,1-2H3,(H,15,18)(H,16,17). The van der Waals surface area contributed by atoms with Crippen LogP contribution in [-0.2, 0) is 11.3 Å². The molecule has 0 spiro atoms. The average Bonchev–Trinajstić information content (AvgIpc) is 2.79. The highest BCUT2D eigenvalue weighted by molar-refractivity contribution is 5.77. The summed E-state index contributed by atoms with van der Waals surface area (Å²) in [5, 5.41) is 2.89. The Morgan fingerprint density at radius 1 is 1.44 bits per heavy atom. The van der Waals surface area contributed by atoms with Gasteiger partial charge in [0.2, 0.25) is 5.91 Å². The van der Waals surface area contributed by atoms with E-state index in [4.69, 9.17) is 0 Å². The molecule has 0 aliphatic heterocycles. The van der Waals surface area contributed by atoms with Crippen molar-refractivity contribution in [3.8, 4) is 0 Å². The molecule has 18 heavy (non-hydrogen) atoms. The molecule has 1 amide bonds. The van der Waals surface area contributed by atoms with E-state index in [0.717, 1.165) is 23.3 Å². The van der Waals surface area contributed by atoms with E-state index >= 15 is 0 Å². The Balaban J connectivity index is 1.92. The van der Waals surface area contributed by atoms with Gasteiger partial charge in [-0.2, -0.15) is 0 Å². The number of H-pyrrole nitrogens is 1. The smallest absolute Gasteiger partial charge is 0.220 e. The van der Waals surface area contributed by atoms with Gasteiger partial charge in [0.15, 0.2) is 0 Å². The summed E-state index contributed by atoms with van der Waals surface area (Å²) < 4.78 is 0. The van der Waals surface area contributed by atoms with Crippen molar-refractivity contribution in [1.82, 2.24) is 15.3 Å². The highest BCUT2D eigenvalue weighted by Crippen LogP contribution is 2.10. The third-order valence-electron chi connectivity index (χ3n) is 3.12. The van der Waals surface area contributed by atoms with Gasteiger partial charge in [-0.3, -0.25) is 4.79 Å². The number of aromatic nitrogens is 2. The predicted molar refractivity (Wildman–Crippen MR) is 72.0 cm³/mol. The quantitative estimate of drug-likeness (QED) is 0.850. The topological polar surface area (TPSA) is 57.8 Å². The molecular formula is C14H19N3O. The highest BCUT2D eigenvalue weighted by atomic mass is 16.1. The summed E-state index contributed by atoms with van der Waals surface area (Å²) in [5.41, 5.74) is 1.94. The Morgan fingerprint density at radius 2 is 2.22 bits per heavy atom. The monoisotopic (exact) mass is 245 g/mol. The number of carbonyl (C=O) groups is 1. The first-order valence-corrected chi connectivity index (χ1v) is 6.39. The maximum absolute atomic E-state index is 11.6. The minimum Gasteiger partial charge on any atom is -0.349 e. The zero-order valence-electron chi connectivity index (χ0n) is 10.9. The van der Waals surface area contributed by atoms with Crippen molar-refractivity contribution in [3.63, 3.8) is 0 Å². The molecule has 2 rings (SSSR count). The van der Waals surface area contributed by atoms with Gasteiger partial charge >= 0.3 is 0 Å². The number of fused-ring (bicyclic) bond motifs is 1. The van der Waals surface area contributed by atoms with Crippen LogP contribution in [-0.4, -0.2) is 15.9 Å². The lowest BCUT2D eigenvalue weighted by molar-refractivity contribution is -0.122. The lowest BCUT2D eigenvalue weighted by Gasteiger charge is -2.07. The largest absolute Gasteiger partial charge is 0.349 e. The van der Waals surface area contributed by atoms with Crippen molar-refractivity contribution < 1.29 is 4.79 Å². The minimum atomic E-state index is 0.0878. The summed E-state index contributed by atoms with van der Waals surface area (Å²) in [5.74, 6) is 1.32. The fourth-order valence-electron chi connectivity index (χ4n) is 1.80. The number of hydrogen-bond donors (Lipinski definition) is 2. The second-order valence-electron chi connectivity index (χ2n) is 4.69. The SMILES string of the molecule is CCC(C)CC(=O)NCc1nc2ccccc2[nH]1. The van der Waals surface area contributed by atoms with E-state index in [1.54, 1.807) is 0 Å². The maximum Gasteiger partial charge on any atom is 0.220 e. The van der Waals surface area contributed by atoms with Gasteiger partial charge < -0.3 is 10.3 Å². The van der Waals surface area contributed by atoms with Gasteiger partial charge in [0, 0.05) is 6.42 Å². The van der Waals surface area contributed by atoms with Crippen LogP contribution >= 0.6 is 0 Å². The molecule has 1 aromatic carbocycles. The molecular weight excluding hydrogens is 226 g/mol. The Bertz CT molecular complexity index is 500. The van der Waals surface area contributed by atoms with E-state index < -0.39 is 0 Å². The normalized spacial score (nSPS) is 12.6. The Kier molecular flexibility index (Phi) is 3.97. The van der Waals surface area contributed by atoms with Crippen LogP contribution in [0.3, 0.4) is 0 Å². The van der Waals surface area contributed by atoms with Crippen LogP contribution in [0.1, 0.15) is 32.5 Å². The molecule has 0 saturated heterocycles. The summed E-state index contributed by atoms with van der Waals surface area (Å²) in [7, 11) is 0. The van der Waals surface area contributed by atoms with Crippen molar-refractivity contribution in [1.29, 1.82) is 0 Å². The molecule has 0 fully saturated rings. The second kappa shape index (κ2) is 5.67. The van der Waals surface area contributed by atoms with Crippen LogP contribution in [0.15, 0.2) is 24.3 Å². The molecule has 4 heteroatoms. The third-order valence-corrected chi connectivity index (χ3v) is 3.12. The average molecular weight is 245 g/mol. The van der Waals surface area contributed by atoms with Gasteiger partial charge in [0.05, 0.1) is 17.6 Å². The van der Waals surface area contributed by atoms with Crippen LogP contribution in [0, 0.1) is 5.92 Å². The Labute approximate surface area is 107 Å². The Morgan fingerprint density at radius 3 is 2.94 bits per heavy atom. The lowest BCUT2D eigenvalue weighted by atomic mass is 10.1. The second-order valence-corrected chi connectivity index (χ2v) is 4.69. The van der Waals surface area contributed by atoms with Gasteiger partial charge in [0.25, 0.3) is 0 Å². The number of imidazole rings is 1. The molecule has 96 valence electrons. The molecule has 0 aliphatic rings. The molecule has 1 atom stereocenters. The Hall–Kier alpha value is -1.84. The highest BCUT2D eigenvalue weighted by Gasteiger charge is 2.08. The predicted octanol–water partition coefficient (Wildman–Crippen LogP) is 2.62. The number of nitrogens with zero attached hydrogens (tertiary/aromatic N) is 1. The van der Waals surface area contributed by atoms with Crippen molar-refractivity contribution >= 4 is 16.9 Å². The van der Waals surface area contributed by atoms with Gasteiger partial charge in [-0.15, -0.1) is 0 Å². The van der Waals surface area contributed by atoms with Crippen LogP contribution < -0.4 is 5.32 Å². The van der Waals surface area contributed by atoms with Gasteiger partial charge in [-0.1, -0.05) is 32.4 Å². The van der Waals surface area contributed by atoms with Crippen LogP contribution in [0.4, 0.5) is 0 Å². The molecule has 0 aliphatic carbocycles. The molecule has 1 aromatic heterocycles. The fraction of sp³-hybridized carbons (Fsp3) is 0.429. The van der Waals surface area contributed by atoms with Crippen LogP contribution in [0.2, 0.25) is 0 Å².